The van der Waals surface area contributed by atoms with Crippen molar-refractivity contribution < 1.29 is 38.1 Å². The number of nitrogens with zero attached hydrogens (tertiary/aromatic N) is 4. The van der Waals surface area contributed by atoms with Crippen LogP contribution in [-0.4, -0.2) is 140 Å². The Bertz CT molecular complexity index is 2380. The molecule has 12 aliphatic heterocycles. The van der Waals surface area contributed by atoms with E-state index in [1.165, 1.54) is 16.7 Å². The minimum Gasteiger partial charge on any atom is -0.450 e. The van der Waals surface area contributed by atoms with Gasteiger partial charge in [0.25, 0.3) is 0 Å². The molecular formula is C48H52N4O8. The zero-order valence-electron chi connectivity index (χ0n) is 34.1. The Kier molecular flexibility index (Phi) is 6.00. The van der Waals surface area contributed by atoms with E-state index in [0.717, 1.165) is 132 Å². The number of carbonyl (C=O) groups is 4. The Morgan fingerprint density at radius 1 is 0.500 bits per heavy atom. The van der Waals surface area contributed by atoms with E-state index in [1.54, 1.807) is 12.2 Å². The Morgan fingerprint density at radius 2 is 0.983 bits per heavy atom. The van der Waals surface area contributed by atoms with Crippen LogP contribution in [0.15, 0.2) is 57.2 Å². The molecular weight excluding hydrogens is 761 g/mol. The maximum atomic E-state index is 15.1. The van der Waals surface area contributed by atoms with Gasteiger partial charge in [-0.25, -0.2) is 19.2 Å². The van der Waals surface area contributed by atoms with Gasteiger partial charge in [-0.15, -0.1) is 0 Å². The Morgan fingerprint density at radius 3 is 1.60 bits per heavy atom. The van der Waals surface area contributed by atoms with Crippen LogP contribution in [0.2, 0.25) is 0 Å². The number of rotatable bonds is 3. The first-order chi connectivity index (χ1) is 29.2. The van der Waals surface area contributed by atoms with Crippen LogP contribution in [0.5, 0.6) is 0 Å². The normalized spacial score (nSPS) is 52.4. The highest BCUT2D eigenvalue weighted by Gasteiger charge is 2.74. The van der Waals surface area contributed by atoms with Crippen LogP contribution in [0.3, 0.4) is 0 Å². The molecule has 60 heavy (non-hydrogen) atoms. The number of carbonyl (C=O) groups excluding carboxylic acids is 4. The average Bonchev–Trinajstić information content (AvgIpc) is 4.06. The summed E-state index contributed by atoms with van der Waals surface area (Å²) in [5, 5.41) is 0. The zero-order chi connectivity index (χ0) is 39.4. The van der Waals surface area contributed by atoms with Gasteiger partial charge in [0.05, 0.1) is 24.2 Å². The van der Waals surface area contributed by atoms with E-state index in [1.807, 2.05) is 0 Å². The zero-order valence-corrected chi connectivity index (χ0v) is 34.1. The fraction of sp³-hybridized carbons (Fsp3) is 0.708. The molecule has 0 aromatic rings. The molecule has 312 valence electrons. The summed E-state index contributed by atoms with van der Waals surface area (Å²) < 4.78 is 26.4. The molecule has 16 aliphatic rings. The van der Waals surface area contributed by atoms with Crippen LogP contribution in [-0.2, 0) is 38.1 Å². The van der Waals surface area contributed by atoms with Crippen LogP contribution in [0.1, 0.15) is 96.3 Å². The van der Waals surface area contributed by atoms with Crippen molar-refractivity contribution in [3.05, 3.63) is 57.2 Å². The van der Waals surface area contributed by atoms with Crippen molar-refractivity contribution in [2.45, 2.75) is 167 Å². The summed E-state index contributed by atoms with van der Waals surface area (Å²) >= 11 is 0. The molecule has 8 saturated heterocycles. The van der Waals surface area contributed by atoms with Crippen molar-refractivity contribution >= 4 is 23.9 Å². The first kappa shape index (κ1) is 34.0. The summed E-state index contributed by atoms with van der Waals surface area (Å²) in [4.78, 5) is 66.5. The second-order valence-electron chi connectivity index (χ2n) is 21.9. The third-order valence-electron chi connectivity index (χ3n) is 20.3. The van der Waals surface area contributed by atoms with Gasteiger partial charge >= 0.3 is 23.9 Å². The molecule has 0 aromatic carbocycles. The van der Waals surface area contributed by atoms with Gasteiger partial charge < -0.3 is 18.9 Å². The molecule has 0 aromatic heterocycles. The van der Waals surface area contributed by atoms with Gasteiger partial charge in [-0.3, -0.25) is 19.6 Å². The van der Waals surface area contributed by atoms with Crippen LogP contribution >= 0.6 is 0 Å². The first-order valence-electron chi connectivity index (χ1n) is 23.8. The summed E-state index contributed by atoms with van der Waals surface area (Å²) in [5.41, 5.74) is 5.28. The second kappa shape index (κ2) is 10.6. The quantitative estimate of drug-likeness (QED) is 0.307. The molecule has 16 rings (SSSR count). The highest BCUT2D eigenvalue weighted by molar-refractivity contribution is 5.97. The Labute approximate surface area is 348 Å². The van der Waals surface area contributed by atoms with Crippen molar-refractivity contribution in [3.63, 3.8) is 0 Å². The van der Waals surface area contributed by atoms with Crippen LogP contribution < -0.4 is 0 Å². The van der Waals surface area contributed by atoms with Gasteiger partial charge in [-0.05, 0) is 119 Å². The van der Waals surface area contributed by atoms with Gasteiger partial charge in [-0.1, -0.05) is 6.08 Å². The molecule has 4 aliphatic carbocycles. The van der Waals surface area contributed by atoms with Crippen LogP contribution in [0.25, 0.3) is 0 Å². The maximum Gasteiger partial charge on any atom is 0.335 e. The molecule has 0 radical (unpaired) electrons. The van der Waals surface area contributed by atoms with Crippen molar-refractivity contribution in [1.82, 2.24) is 19.6 Å². The van der Waals surface area contributed by atoms with E-state index < -0.39 is 22.4 Å². The van der Waals surface area contributed by atoms with Gasteiger partial charge in [-0.2, -0.15) is 0 Å². The Hall–Kier alpha value is -3.58. The average molecular weight is 813 g/mol. The highest BCUT2D eigenvalue weighted by atomic mass is 16.6. The van der Waals surface area contributed by atoms with E-state index in [9.17, 15) is 14.4 Å². The second-order valence-corrected chi connectivity index (χ2v) is 21.9. The van der Waals surface area contributed by atoms with Gasteiger partial charge in [0.15, 0.2) is 22.4 Å². The number of hydrogen-bond acceptors (Lipinski definition) is 12. The van der Waals surface area contributed by atoms with Crippen molar-refractivity contribution in [2.24, 2.45) is 17.8 Å². The Balaban J connectivity index is 0.876. The summed E-state index contributed by atoms with van der Waals surface area (Å²) in [5.74, 6) is -0.751. The lowest BCUT2D eigenvalue weighted by atomic mass is 9.62. The van der Waals surface area contributed by atoms with Crippen molar-refractivity contribution in [3.8, 4) is 0 Å². The molecule has 0 amide bonds. The third kappa shape index (κ3) is 3.58. The lowest BCUT2D eigenvalue weighted by Gasteiger charge is -2.43. The molecule has 8 bridgehead atoms. The minimum absolute atomic E-state index is 0.0427. The van der Waals surface area contributed by atoms with Crippen molar-refractivity contribution in [1.29, 1.82) is 0 Å². The molecule has 4 spiro atoms. The summed E-state index contributed by atoms with van der Waals surface area (Å²) in [7, 11) is 0. The van der Waals surface area contributed by atoms with Gasteiger partial charge in [0, 0.05) is 96.5 Å². The van der Waals surface area contributed by atoms with Crippen LogP contribution in [0, 0.1) is 17.8 Å². The van der Waals surface area contributed by atoms with E-state index in [2.05, 4.69) is 25.7 Å². The molecule has 15 atom stereocenters. The molecule has 12 nitrogen and oxygen atoms in total. The molecule has 12 heteroatoms. The highest BCUT2D eigenvalue weighted by Crippen LogP contribution is 2.68. The lowest BCUT2D eigenvalue weighted by Crippen LogP contribution is -2.47. The molecule has 11 fully saturated rings. The van der Waals surface area contributed by atoms with E-state index >= 15 is 4.79 Å². The number of hydrogen-bond donors (Lipinski definition) is 0. The minimum atomic E-state index is -0.675. The maximum absolute atomic E-state index is 15.1. The summed E-state index contributed by atoms with van der Waals surface area (Å²) in [6.45, 7) is 3.95. The summed E-state index contributed by atoms with van der Waals surface area (Å²) in [6.07, 6.45) is 19.7. The lowest BCUT2D eigenvalue weighted by molar-refractivity contribution is -0.150. The fourth-order valence-electron chi connectivity index (χ4n) is 18.8. The SMILES string of the molecule is O=C1C=C2CC(C3=C4C(C5CC6=C(C7CC8=CC(=O)OC89CC7N7CCCC79)C(=O)OC67CC5N5CCCC57)=CC5CC4(OC3=O)C3CCCN53)C3CC2(O1)C1CCCN31. The van der Waals surface area contributed by atoms with Gasteiger partial charge in [0.2, 0.25) is 0 Å². The standard InChI is InChI=1S/C48H52N4O8/c53-38-15-23-13-28(32-20-45(23,57-38)34-5-2-11-51(32)34)40-30-18-26(31-22-47(30,59-43(40)55)36-7-4-10-50(31)36)27-17-25-19-48(37-8-1-9-49(25)37)42(27)41(44(56)60-48)29-14-24-16-39(54)58-46(24)21-33(29)52-12-3-6-35(46)52/h15-17,25-26,28-29,31-37H,1-14,18-22H2. The molecule has 3 saturated carbocycles. The van der Waals surface area contributed by atoms with E-state index in [4.69, 9.17) is 18.9 Å². The molecule has 12 heterocycles. The molecule has 15 unspecified atom stereocenters. The smallest absolute Gasteiger partial charge is 0.335 e. The predicted molar refractivity (Wildman–Crippen MR) is 210 cm³/mol. The number of fused-ring (bicyclic) bond motifs is 12. The van der Waals surface area contributed by atoms with E-state index in [-0.39, 0.29) is 90.0 Å². The first-order valence-corrected chi connectivity index (χ1v) is 23.8. The monoisotopic (exact) mass is 812 g/mol. The third-order valence-corrected chi connectivity index (χ3v) is 20.3. The van der Waals surface area contributed by atoms with Crippen LogP contribution in [0.4, 0.5) is 0 Å². The van der Waals surface area contributed by atoms with Crippen molar-refractivity contribution in [2.75, 3.05) is 26.2 Å². The number of ether oxygens (including phenoxy) is 4. The summed E-state index contributed by atoms with van der Waals surface area (Å²) in [6, 6.07) is 1.34. The predicted octanol–water partition coefficient (Wildman–Crippen LogP) is 3.56. The topological polar surface area (TPSA) is 118 Å². The van der Waals surface area contributed by atoms with E-state index in [0.29, 0.717) is 12.8 Å². The largest absolute Gasteiger partial charge is 0.450 e. The fourth-order valence-corrected chi connectivity index (χ4v) is 18.8. The molecule has 0 N–H and O–H groups in total. The number of esters is 4. The van der Waals surface area contributed by atoms with Gasteiger partial charge in [0.1, 0.15) is 0 Å².